The Balaban J connectivity index is 0.609. The second-order valence-electron chi connectivity index (χ2n) is 19.1. The third kappa shape index (κ3) is 20.4. The normalized spacial score (nSPS) is 18.7. The van der Waals surface area contributed by atoms with Crippen LogP contribution in [0, 0.1) is 29.8 Å². The third-order valence-corrected chi connectivity index (χ3v) is 13.4. The van der Waals surface area contributed by atoms with Crippen molar-refractivity contribution in [2.75, 3.05) is 137 Å². The molecule has 3 aromatic heterocycles. The zero-order chi connectivity index (χ0) is 55.2. The lowest BCUT2D eigenvalue weighted by Gasteiger charge is -2.54. The lowest BCUT2D eigenvalue weighted by molar-refractivity contribution is -0.136. The number of ether oxygens (including phenoxy) is 12. The summed E-state index contributed by atoms with van der Waals surface area (Å²) >= 11 is 0. The molecule has 2 aliphatic heterocycles. The number of aryl methyl sites for hydroxylation is 1. The minimum atomic E-state index is -4.04. The van der Waals surface area contributed by atoms with Crippen molar-refractivity contribution in [2.45, 2.75) is 89.6 Å². The number of aliphatic hydroxyl groups is 1. The molecule has 29 heteroatoms. The number of hydrogen-bond acceptors (Lipinski definition) is 23. The fourth-order valence-electron chi connectivity index (χ4n) is 9.08. The number of esters is 1. The average molecular weight is 1130 g/mol. The van der Waals surface area contributed by atoms with Crippen LogP contribution < -0.4 is 9.64 Å². The maximum atomic E-state index is 13.6. The number of carbonyl (C=O) groups excluding carboxylic acids is 1. The molecule has 3 fully saturated rings. The summed E-state index contributed by atoms with van der Waals surface area (Å²) < 4.78 is 110. The van der Waals surface area contributed by atoms with Crippen LogP contribution in [0.2, 0.25) is 0 Å². The first-order valence-electron chi connectivity index (χ1n) is 26.1. The van der Waals surface area contributed by atoms with Gasteiger partial charge < -0.3 is 66.8 Å². The van der Waals surface area contributed by atoms with Crippen LogP contribution >= 0.6 is 7.94 Å². The van der Waals surface area contributed by atoms with Crippen molar-refractivity contribution < 1.29 is 94.6 Å². The number of rotatable bonds is 38. The number of benzene rings is 1. The Bertz CT molecular complexity index is 2390. The molecule has 7 rings (SSSR count). The van der Waals surface area contributed by atoms with E-state index >= 15 is 0 Å². The largest absolute Gasteiger partial charge is 0.431 e. The number of aliphatic hydroxyl groups excluding tert-OH is 1. The van der Waals surface area contributed by atoms with Crippen molar-refractivity contribution in [3.05, 3.63) is 53.5 Å². The topological polar surface area (TPSA) is 286 Å². The van der Waals surface area contributed by atoms with Gasteiger partial charge in [-0.3, -0.25) is 4.79 Å². The highest BCUT2D eigenvalue weighted by Crippen LogP contribution is 2.47. The predicted octanol–water partition coefficient (Wildman–Crippen LogP) is 2.47. The SMILES string of the molecule is Cc1nc(N2CC3(CCC(OCCOCCOCCOCCOCc4cn(CCOCCOCCOCCOCCC(=O)Oc5c(F)cc(F)cc5F)nn4)CC3)C2)c2cnn(C[C@H]3OC(COC[P+](O)(O)O)C[C@H]3O)c2n1. The van der Waals surface area contributed by atoms with Gasteiger partial charge in [-0.1, -0.05) is 5.21 Å². The summed E-state index contributed by atoms with van der Waals surface area (Å²) in [6.07, 6.45) is 5.58. The number of fused-ring (bicyclic) bond motifs is 1. The molecule has 0 radical (unpaired) electrons. The number of carbonyl (C=O) groups is 1. The summed E-state index contributed by atoms with van der Waals surface area (Å²) in [5.74, 6) is -4.13. The minimum absolute atomic E-state index is 0.0113. The molecule has 4 N–H and O–H groups in total. The van der Waals surface area contributed by atoms with Crippen molar-refractivity contribution in [3.63, 3.8) is 0 Å². The number of hydrogen-bond donors (Lipinski definition) is 4. The molecule has 4 aromatic rings. The zero-order valence-electron chi connectivity index (χ0n) is 43.9. The maximum Gasteiger partial charge on any atom is 0.431 e. The van der Waals surface area contributed by atoms with Crippen LogP contribution in [-0.4, -0.2) is 217 Å². The fourth-order valence-corrected chi connectivity index (χ4v) is 9.43. The first kappa shape index (κ1) is 61.4. The molecule has 0 amide bonds. The van der Waals surface area contributed by atoms with E-state index in [0.29, 0.717) is 135 Å². The Labute approximate surface area is 449 Å². The second kappa shape index (κ2) is 31.7. The molecular weight excluding hydrogens is 1060 g/mol. The summed E-state index contributed by atoms with van der Waals surface area (Å²) in [6.45, 7) is 10.6. The molecule has 25 nitrogen and oxygen atoms in total. The van der Waals surface area contributed by atoms with Crippen molar-refractivity contribution in [3.8, 4) is 5.75 Å². The van der Waals surface area contributed by atoms with Crippen LogP contribution in [0.15, 0.2) is 24.5 Å². The van der Waals surface area contributed by atoms with Crippen LogP contribution in [0.4, 0.5) is 19.0 Å². The Hall–Kier alpha value is -4.20. The summed E-state index contributed by atoms with van der Waals surface area (Å²) in [5.41, 5.74) is 1.58. The lowest BCUT2D eigenvalue weighted by atomic mass is 9.68. The van der Waals surface area contributed by atoms with Gasteiger partial charge in [-0.2, -0.15) is 19.8 Å². The van der Waals surface area contributed by atoms with Gasteiger partial charge >= 0.3 is 13.9 Å². The van der Waals surface area contributed by atoms with Crippen LogP contribution in [-0.2, 0) is 76.6 Å². The molecule has 1 unspecified atom stereocenters. The van der Waals surface area contributed by atoms with Crippen molar-refractivity contribution in [1.29, 1.82) is 0 Å². The predicted molar refractivity (Wildman–Crippen MR) is 269 cm³/mol. The van der Waals surface area contributed by atoms with E-state index in [4.69, 9.17) is 71.8 Å². The maximum absolute atomic E-state index is 13.6. The molecule has 3 aliphatic rings. The molecule has 5 heterocycles. The second-order valence-corrected chi connectivity index (χ2v) is 20.8. The van der Waals surface area contributed by atoms with Crippen LogP contribution in [0.25, 0.3) is 11.0 Å². The van der Waals surface area contributed by atoms with E-state index in [1.165, 1.54) is 0 Å². The molecule has 436 valence electrons. The molecular formula is C49H73F3N8O17P+. The number of halogens is 3. The van der Waals surface area contributed by atoms with Crippen molar-refractivity contribution in [2.24, 2.45) is 5.41 Å². The highest BCUT2D eigenvalue weighted by atomic mass is 31.2. The van der Waals surface area contributed by atoms with Crippen molar-refractivity contribution in [1.82, 2.24) is 34.7 Å². The van der Waals surface area contributed by atoms with Crippen LogP contribution in [0.3, 0.4) is 0 Å². The molecule has 3 atom stereocenters. The zero-order valence-corrected chi connectivity index (χ0v) is 44.8. The molecule has 0 bridgehead atoms. The van der Waals surface area contributed by atoms with Gasteiger partial charge in [-0.05, 0) is 32.6 Å². The Morgan fingerprint density at radius 2 is 1.37 bits per heavy atom. The average Bonchev–Trinajstić information content (AvgIpc) is 4.22. The Morgan fingerprint density at radius 3 is 2.00 bits per heavy atom. The van der Waals surface area contributed by atoms with Gasteiger partial charge in [0.05, 0.1) is 175 Å². The highest BCUT2D eigenvalue weighted by Gasteiger charge is 2.46. The van der Waals surface area contributed by atoms with Crippen LogP contribution in [0.5, 0.6) is 5.75 Å². The first-order chi connectivity index (χ1) is 37.7. The highest BCUT2D eigenvalue weighted by molar-refractivity contribution is 7.58. The van der Waals surface area contributed by atoms with Crippen LogP contribution in [0.1, 0.15) is 50.0 Å². The Kier molecular flexibility index (Phi) is 25.0. The van der Waals surface area contributed by atoms with E-state index in [2.05, 4.69) is 30.0 Å². The van der Waals surface area contributed by atoms with E-state index < -0.39 is 61.8 Å². The smallest absolute Gasteiger partial charge is 0.420 e. The fraction of sp³-hybridized carbons (Fsp3) is 0.714. The van der Waals surface area contributed by atoms with E-state index in [0.717, 1.165) is 50.0 Å². The van der Waals surface area contributed by atoms with Gasteiger partial charge in [0.1, 0.15) is 29.3 Å². The monoisotopic (exact) mass is 1130 g/mol. The van der Waals surface area contributed by atoms with E-state index in [1.807, 2.05) is 6.92 Å². The summed E-state index contributed by atoms with van der Waals surface area (Å²) in [4.78, 5) is 51.0. The number of aromatic nitrogens is 7. The lowest BCUT2D eigenvalue weighted by Crippen LogP contribution is -2.58. The van der Waals surface area contributed by atoms with E-state index in [1.54, 1.807) is 21.8 Å². The molecule has 1 saturated carbocycles. The molecule has 1 aliphatic carbocycles. The van der Waals surface area contributed by atoms with Gasteiger partial charge in [-0.15, -0.1) is 5.10 Å². The summed E-state index contributed by atoms with van der Waals surface area (Å²) in [5, 5.41) is 24.3. The molecule has 2 saturated heterocycles. The van der Waals surface area contributed by atoms with Gasteiger partial charge in [0.25, 0.3) is 0 Å². The molecule has 1 spiro atoms. The minimum Gasteiger partial charge on any atom is -0.420 e. The number of nitrogens with zero attached hydrogens (tertiary/aromatic N) is 8. The molecule has 1 aromatic carbocycles. The van der Waals surface area contributed by atoms with Gasteiger partial charge in [0, 0.05) is 37.1 Å². The van der Waals surface area contributed by atoms with Gasteiger partial charge in [0.2, 0.25) is 12.1 Å². The van der Waals surface area contributed by atoms with E-state index in [9.17, 15) is 23.1 Å². The van der Waals surface area contributed by atoms with Crippen molar-refractivity contribution >= 4 is 30.8 Å². The number of anilines is 1. The molecule has 78 heavy (non-hydrogen) atoms. The van der Waals surface area contributed by atoms with E-state index in [-0.39, 0.29) is 50.9 Å². The standard InChI is InChI=1S/C49H73F3N8O17P/c1-35-54-47(40-27-53-60(48(40)55-35)29-44-43(61)26-39(76-44)31-74-34-78(63,64)65)58-32-49(33-58)5-2-38(3-6-49)75-23-22-72-19-18-70-16-17-71-20-21-73-30-37-28-59(57-56-37)7-9-67-11-13-69-15-14-68-12-10-66-8-4-45(62)77-46-41(51)24-36(50)25-42(46)52/h24-25,27-28,38-39,43-44,61,63-65H,2-23,26,29-34H2,1H3/q+1/t39?,43-,44-/m1/s1. The third-order valence-electron chi connectivity index (χ3n) is 12.9. The van der Waals surface area contributed by atoms with Gasteiger partial charge in [-0.25, -0.2) is 32.5 Å². The van der Waals surface area contributed by atoms with Gasteiger partial charge in [0.15, 0.2) is 17.3 Å². The summed E-state index contributed by atoms with van der Waals surface area (Å²) in [6, 6.07) is 0.845. The Morgan fingerprint density at radius 1 is 0.782 bits per heavy atom. The first-order valence-corrected chi connectivity index (χ1v) is 28.0. The summed E-state index contributed by atoms with van der Waals surface area (Å²) in [7, 11) is -4.04. The quantitative estimate of drug-likeness (QED) is 0.0217.